The van der Waals surface area contributed by atoms with Gasteiger partial charge in [0.1, 0.15) is 0 Å². The lowest BCUT2D eigenvalue weighted by atomic mass is 9.46. The minimum atomic E-state index is 0.319. The van der Waals surface area contributed by atoms with Crippen molar-refractivity contribution < 1.29 is 0 Å². The van der Waals surface area contributed by atoms with Gasteiger partial charge in [-0.2, -0.15) is 0 Å². The average Bonchev–Trinajstić information content (AvgIpc) is 2.98. The molecule has 0 saturated heterocycles. The molecule has 0 aromatic carbocycles. The lowest BCUT2D eigenvalue weighted by Gasteiger charge is -2.58. The molecule has 3 saturated carbocycles. The SMILES string of the molecule is CC(C)CCC[C@@H](C)[C@H]1CC[C@H]2[C@@H]3CCC4C=CC=[C][C@]4(C)[C@H]3CC[C@]12C. The van der Waals surface area contributed by atoms with Gasteiger partial charge in [-0.15, -0.1) is 0 Å². The standard InChI is InChI=1S/C27H43/c1-19(2)9-8-10-20(3)23-14-15-24-22-13-12-21-11-6-7-17-26(21,4)25(22)16-18-27(23,24)5/h6-7,11,19-25H,8-10,12-16,18H2,1-5H3/t20-,21?,22+,23-,24+,25+,26+,27-/m1/s1. The van der Waals surface area contributed by atoms with Crippen LogP contribution in [0.4, 0.5) is 0 Å². The molecule has 4 aliphatic carbocycles. The van der Waals surface area contributed by atoms with Crippen LogP contribution in [0.15, 0.2) is 18.2 Å². The first-order valence-electron chi connectivity index (χ1n) is 12.1. The zero-order valence-electron chi connectivity index (χ0n) is 18.6. The Morgan fingerprint density at radius 3 is 2.56 bits per heavy atom. The zero-order chi connectivity index (χ0) is 19.2. The highest BCUT2D eigenvalue weighted by atomic mass is 14.6. The number of hydrogen-bond acceptors (Lipinski definition) is 0. The molecule has 1 radical (unpaired) electrons. The van der Waals surface area contributed by atoms with Crippen LogP contribution < -0.4 is 0 Å². The van der Waals surface area contributed by atoms with E-state index in [2.05, 4.69) is 58.9 Å². The van der Waals surface area contributed by atoms with Crippen molar-refractivity contribution in [2.45, 2.75) is 92.4 Å². The predicted molar refractivity (Wildman–Crippen MR) is 116 cm³/mol. The van der Waals surface area contributed by atoms with Crippen molar-refractivity contribution in [3.63, 3.8) is 0 Å². The smallest absolute Gasteiger partial charge is 0.00214 e. The molecule has 4 aliphatic rings. The van der Waals surface area contributed by atoms with Crippen LogP contribution in [-0.4, -0.2) is 0 Å². The molecule has 8 atom stereocenters. The molecule has 0 spiro atoms. The van der Waals surface area contributed by atoms with Crippen molar-refractivity contribution >= 4 is 0 Å². The van der Waals surface area contributed by atoms with Crippen molar-refractivity contribution in [2.75, 3.05) is 0 Å². The van der Waals surface area contributed by atoms with Crippen LogP contribution in [0.5, 0.6) is 0 Å². The maximum Gasteiger partial charge on any atom is 0.00214 e. The predicted octanol–water partition coefficient (Wildman–Crippen LogP) is 7.85. The van der Waals surface area contributed by atoms with E-state index < -0.39 is 0 Å². The molecule has 1 unspecified atom stereocenters. The van der Waals surface area contributed by atoms with E-state index >= 15 is 0 Å². The fraction of sp³-hybridized carbons (Fsp3) is 0.852. The summed E-state index contributed by atoms with van der Waals surface area (Å²) in [5.41, 5.74) is 0.940. The van der Waals surface area contributed by atoms with Gasteiger partial charge >= 0.3 is 0 Å². The van der Waals surface area contributed by atoms with E-state index in [1.807, 2.05) is 0 Å². The minimum absolute atomic E-state index is 0.319. The summed E-state index contributed by atoms with van der Waals surface area (Å²) in [6.45, 7) is 12.6. The van der Waals surface area contributed by atoms with Crippen molar-refractivity contribution in [1.29, 1.82) is 0 Å². The molecule has 0 bridgehead atoms. The molecular formula is C27H43. The fourth-order valence-electron chi connectivity index (χ4n) is 8.33. The van der Waals surface area contributed by atoms with Crippen LogP contribution in [0.2, 0.25) is 0 Å². The van der Waals surface area contributed by atoms with Gasteiger partial charge in [0.05, 0.1) is 0 Å². The van der Waals surface area contributed by atoms with Gasteiger partial charge in [-0.1, -0.05) is 72.1 Å². The van der Waals surface area contributed by atoms with Crippen molar-refractivity contribution in [3.05, 3.63) is 24.3 Å². The molecular weight excluding hydrogens is 324 g/mol. The van der Waals surface area contributed by atoms with Crippen LogP contribution in [0.25, 0.3) is 0 Å². The molecule has 27 heavy (non-hydrogen) atoms. The summed E-state index contributed by atoms with van der Waals surface area (Å²) in [5, 5.41) is 0. The molecule has 3 fully saturated rings. The number of allylic oxidation sites excluding steroid dienone is 4. The van der Waals surface area contributed by atoms with Crippen LogP contribution in [0.3, 0.4) is 0 Å². The van der Waals surface area contributed by atoms with Gasteiger partial charge in [0.25, 0.3) is 0 Å². The van der Waals surface area contributed by atoms with E-state index in [1.54, 1.807) is 0 Å². The molecule has 0 amide bonds. The van der Waals surface area contributed by atoms with E-state index in [-0.39, 0.29) is 0 Å². The molecule has 0 aliphatic heterocycles. The first-order valence-corrected chi connectivity index (χ1v) is 12.1. The summed E-state index contributed by atoms with van der Waals surface area (Å²) in [6, 6.07) is 0. The van der Waals surface area contributed by atoms with E-state index in [9.17, 15) is 0 Å². The Bertz CT molecular complexity index is 583. The third-order valence-electron chi connectivity index (χ3n) is 9.82. The summed E-state index contributed by atoms with van der Waals surface area (Å²) < 4.78 is 0. The van der Waals surface area contributed by atoms with Crippen LogP contribution in [-0.2, 0) is 0 Å². The highest BCUT2D eigenvalue weighted by Crippen LogP contribution is 2.67. The monoisotopic (exact) mass is 367 g/mol. The molecule has 0 heterocycles. The first kappa shape index (κ1) is 19.8. The molecule has 0 aromatic heterocycles. The Labute approximate surface area is 169 Å². The second-order valence-corrected chi connectivity index (χ2v) is 11.6. The van der Waals surface area contributed by atoms with E-state index in [1.165, 1.54) is 57.8 Å². The van der Waals surface area contributed by atoms with E-state index in [4.69, 9.17) is 0 Å². The number of rotatable bonds is 5. The van der Waals surface area contributed by atoms with Crippen molar-refractivity contribution in [2.24, 2.45) is 52.3 Å². The van der Waals surface area contributed by atoms with Gasteiger partial charge in [-0.05, 0) is 91.4 Å². The average molecular weight is 368 g/mol. The Balaban J connectivity index is 1.48. The third kappa shape index (κ3) is 3.28. The Morgan fingerprint density at radius 2 is 1.78 bits per heavy atom. The second-order valence-electron chi connectivity index (χ2n) is 11.6. The molecule has 0 N–H and O–H groups in total. The maximum absolute atomic E-state index is 3.85. The van der Waals surface area contributed by atoms with Gasteiger partial charge in [0.2, 0.25) is 0 Å². The largest absolute Gasteiger partial charge is 0.0805 e. The molecule has 0 nitrogen and oxygen atoms in total. The molecule has 0 aromatic rings. The summed E-state index contributed by atoms with van der Waals surface area (Å²) in [6.07, 6.45) is 24.0. The van der Waals surface area contributed by atoms with Crippen LogP contribution in [0.1, 0.15) is 92.4 Å². The number of hydrogen-bond donors (Lipinski definition) is 0. The normalized spacial score (nSPS) is 46.8. The van der Waals surface area contributed by atoms with Gasteiger partial charge in [-0.3, -0.25) is 0 Å². The van der Waals surface area contributed by atoms with Crippen molar-refractivity contribution in [1.82, 2.24) is 0 Å². The lowest BCUT2D eigenvalue weighted by molar-refractivity contribution is -0.0761. The highest BCUT2D eigenvalue weighted by molar-refractivity contribution is 5.20. The van der Waals surface area contributed by atoms with Gasteiger partial charge < -0.3 is 0 Å². The molecule has 4 rings (SSSR count). The third-order valence-corrected chi connectivity index (χ3v) is 9.82. The van der Waals surface area contributed by atoms with Crippen molar-refractivity contribution in [3.8, 4) is 0 Å². The van der Waals surface area contributed by atoms with Crippen LogP contribution in [0, 0.1) is 58.3 Å². The Hall–Kier alpha value is -0.520. The van der Waals surface area contributed by atoms with E-state index in [0.717, 1.165) is 41.4 Å². The summed E-state index contributed by atoms with van der Waals surface area (Å²) in [4.78, 5) is 0. The quantitative estimate of drug-likeness (QED) is 0.464. The summed E-state index contributed by atoms with van der Waals surface area (Å²) in [7, 11) is 0. The zero-order valence-corrected chi connectivity index (χ0v) is 18.6. The topological polar surface area (TPSA) is 0 Å². The van der Waals surface area contributed by atoms with Gasteiger partial charge in [0.15, 0.2) is 0 Å². The van der Waals surface area contributed by atoms with Crippen LogP contribution >= 0.6 is 0 Å². The molecule has 0 heteroatoms. The first-order chi connectivity index (χ1) is 12.9. The van der Waals surface area contributed by atoms with E-state index in [0.29, 0.717) is 10.8 Å². The molecule has 151 valence electrons. The minimum Gasteiger partial charge on any atom is -0.0805 e. The second kappa shape index (κ2) is 7.38. The Morgan fingerprint density at radius 1 is 0.963 bits per heavy atom. The van der Waals surface area contributed by atoms with Gasteiger partial charge in [-0.25, -0.2) is 0 Å². The number of fused-ring (bicyclic) bond motifs is 5. The summed E-state index contributed by atoms with van der Waals surface area (Å²) in [5.74, 6) is 6.35. The fourth-order valence-corrected chi connectivity index (χ4v) is 8.33. The maximum atomic E-state index is 3.85. The summed E-state index contributed by atoms with van der Waals surface area (Å²) >= 11 is 0. The Kier molecular flexibility index (Phi) is 5.41. The lowest BCUT2D eigenvalue weighted by Crippen LogP contribution is -2.51. The highest BCUT2D eigenvalue weighted by Gasteiger charge is 2.59. The van der Waals surface area contributed by atoms with Gasteiger partial charge in [0, 0.05) is 5.41 Å².